The van der Waals surface area contributed by atoms with Crippen LogP contribution in [-0.4, -0.2) is 15.8 Å². The van der Waals surface area contributed by atoms with E-state index in [1.165, 1.54) is 22.2 Å². The molecule has 0 spiro atoms. The van der Waals surface area contributed by atoms with E-state index in [1.54, 1.807) is 11.3 Å². The van der Waals surface area contributed by atoms with Gasteiger partial charge in [-0.05, 0) is 46.3 Å². The van der Waals surface area contributed by atoms with Crippen LogP contribution in [0.15, 0.2) is 28.2 Å². The fourth-order valence-corrected chi connectivity index (χ4v) is 3.18. The molecule has 17 heavy (non-hydrogen) atoms. The Kier molecular flexibility index (Phi) is 3.31. The van der Waals surface area contributed by atoms with Crippen LogP contribution in [0, 0.1) is 0 Å². The van der Waals surface area contributed by atoms with E-state index < -0.39 is 0 Å². The third kappa shape index (κ3) is 2.97. The summed E-state index contributed by atoms with van der Waals surface area (Å²) in [5.41, 5.74) is 1.13. The summed E-state index contributed by atoms with van der Waals surface area (Å²) in [6.07, 6.45) is 4.70. The van der Waals surface area contributed by atoms with Gasteiger partial charge in [-0.2, -0.15) is 5.10 Å². The van der Waals surface area contributed by atoms with E-state index >= 15 is 0 Å². The Morgan fingerprint density at radius 1 is 1.47 bits per heavy atom. The van der Waals surface area contributed by atoms with Gasteiger partial charge in [0.25, 0.3) is 0 Å². The van der Waals surface area contributed by atoms with Crippen molar-refractivity contribution in [2.24, 2.45) is 0 Å². The van der Waals surface area contributed by atoms with Gasteiger partial charge < -0.3 is 5.32 Å². The predicted octanol–water partition coefficient (Wildman–Crippen LogP) is 3.01. The highest BCUT2D eigenvalue weighted by Gasteiger charge is 2.20. The zero-order valence-corrected chi connectivity index (χ0v) is 11.8. The first-order valence-corrected chi connectivity index (χ1v) is 7.46. The molecule has 1 aliphatic rings. The number of aromatic nitrogens is 2. The Balaban J connectivity index is 1.61. The van der Waals surface area contributed by atoms with E-state index in [0.29, 0.717) is 0 Å². The van der Waals surface area contributed by atoms with E-state index in [9.17, 15) is 0 Å². The van der Waals surface area contributed by atoms with Crippen molar-refractivity contribution in [2.45, 2.75) is 32.0 Å². The van der Waals surface area contributed by atoms with Gasteiger partial charge in [0.15, 0.2) is 0 Å². The van der Waals surface area contributed by atoms with Gasteiger partial charge in [0.2, 0.25) is 0 Å². The summed E-state index contributed by atoms with van der Waals surface area (Å²) in [5, 5.41) is 10.1. The number of nitrogens with zero attached hydrogens (tertiary/aromatic N) is 2. The van der Waals surface area contributed by atoms with Gasteiger partial charge in [0.05, 0.1) is 12.2 Å². The quantitative estimate of drug-likeness (QED) is 0.920. The number of thiophene rings is 1. The van der Waals surface area contributed by atoms with Crippen LogP contribution < -0.4 is 5.32 Å². The summed E-state index contributed by atoms with van der Waals surface area (Å²) < 4.78 is 3.18. The minimum absolute atomic E-state index is 0.742. The lowest BCUT2D eigenvalue weighted by Gasteiger charge is -2.00. The van der Waals surface area contributed by atoms with Gasteiger partial charge in [0, 0.05) is 28.1 Å². The second-order valence-corrected chi connectivity index (χ2v) is 6.21. The van der Waals surface area contributed by atoms with Crippen LogP contribution in [0.4, 0.5) is 0 Å². The Morgan fingerprint density at radius 3 is 3.06 bits per heavy atom. The molecule has 90 valence electrons. The number of halogens is 1. The molecule has 0 saturated heterocycles. The van der Waals surface area contributed by atoms with Crippen molar-refractivity contribution in [1.29, 1.82) is 0 Å². The molecule has 1 N–H and O–H groups in total. The molecule has 0 amide bonds. The maximum atomic E-state index is 4.57. The number of rotatable bonds is 5. The molecule has 0 unspecified atom stereocenters. The summed E-state index contributed by atoms with van der Waals surface area (Å²) in [6.45, 7) is 1.74. The maximum Gasteiger partial charge on any atom is 0.0763 e. The first-order valence-electron chi connectivity index (χ1n) is 5.79. The van der Waals surface area contributed by atoms with Gasteiger partial charge in [-0.25, -0.2) is 0 Å². The van der Waals surface area contributed by atoms with E-state index in [4.69, 9.17) is 0 Å². The van der Waals surface area contributed by atoms with Crippen LogP contribution in [-0.2, 0) is 13.1 Å². The molecular formula is C12H14BrN3S. The Hall–Kier alpha value is -0.650. The van der Waals surface area contributed by atoms with Gasteiger partial charge in [0.1, 0.15) is 0 Å². The molecule has 0 radical (unpaired) electrons. The van der Waals surface area contributed by atoms with Crippen LogP contribution in [0.25, 0.3) is 0 Å². The zero-order chi connectivity index (χ0) is 11.7. The smallest absolute Gasteiger partial charge is 0.0763 e. The number of hydrogen-bond acceptors (Lipinski definition) is 3. The molecule has 0 bridgehead atoms. The Bertz CT molecular complexity index is 501. The Morgan fingerprint density at radius 2 is 2.35 bits per heavy atom. The molecule has 1 fully saturated rings. The molecule has 0 atom stereocenters. The fraction of sp³-hybridized carbons (Fsp3) is 0.417. The summed E-state index contributed by atoms with van der Waals surface area (Å²) >= 11 is 5.30. The van der Waals surface area contributed by atoms with Crippen molar-refractivity contribution in [1.82, 2.24) is 15.1 Å². The molecule has 1 saturated carbocycles. The highest BCUT2D eigenvalue weighted by atomic mass is 79.9. The van der Waals surface area contributed by atoms with E-state index in [-0.39, 0.29) is 0 Å². The maximum absolute atomic E-state index is 4.57. The molecule has 1 aliphatic carbocycles. The fourth-order valence-electron chi connectivity index (χ4n) is 1.71. The van der Waals surface area contributed by atoms with Crippen molar-refractivity contribution in [3.8, 4) is 0 Å². The standard InChI is InChI=1S/C12H14BrN3S/c13-11-4-6-17-12(11)8-16-5-3-10(15-16)7-14-9-1-2-9/h3-6,9,14H,1-2,7-8H2. The van der Waals surface area contributed by atoms with Crippen LogP contribution in [0.3, 0.4) is 0 Å². The normalized spacial score (nSPS) is 15.4. The van der Waals surface area contributed by atoms with E-state index in [1.807, 2.05) is 4.68 Å². The van der Waals surface area contributed by atoms with Crippen molar-refractivity contribution >= 4 is 27.3 Å². The van der Waals surface area contributed by atoms with E-state index in [0.717, 1.165) is 24.8 Å². The molecule has 5 heteroatoms. The van der Waals surface area contributed by atoms with Crippen LogP contribution >= 0.6 is 27.3 Å². The van der Waals surface area contributed by atoms with Gasteiger partial charge in [-0.15, -0.1) is 11.3 Å². The lowest BCUT2D eigenvalue weighted by Crippen LogP contribution is -2.15. The van der Waals surface area contributed by atoms with Crippen LogP contribution in [0.2, 0.25) is 0 Å². The summed E-state index contributed by atoms with van der Waals surface area (Å²) in [5.74, 6) is 0. The van der Waals surface area contributed by atoms with Crippen molar-refractivity contribution in [3.05, 3.63) is 38.8 Å². The Labute approximate surface area is 113 Å². The van der Waals surface area contributed by atoms with Crippen molar-refractivity contribution in [3.63, 3.8) is 0 Å². The molecule has 0 aliphatic heterocycles. The second kappa shape index (κ2) is 4.92. The molecule has 0 aromatic carbocycles. The molecule has 3 nitrogen and oxygen atoms in total. The monoisotopic (exact) mass is 311 g/mol. The molecule has 2 aromatic heterocycles. The summed E-state index contributed by atoms with van der Waals surface area (Å²) in [7, 11) is 0. The number of hydrogen-bond donors (Lipinski definition) is 1. The second-order valence-electron chi connectivity index (χ2n) is 4.35. The van der Waals surface area contributed by atoms with Crippen LogP contribution in [0.1, 0.15) is 23.4 Å². The summed E-state index contributed by atoms with van der Waals surface area (Å²) in [4.78, 5) is 1.31. The highest BCUT2D eigenvalue weighted by molar-refractivity contribution is 9.10. The SMILES string of the molecule is Brc1ccsc1Cn1ccc(CNC2CC2)n1. The molecular weight excluding hydrogens is 298 g/mol. The third-order valence-electron chi connectivity index (χ3n) is 2.84. The largest absolute Gasteiger partial charge is 0.308 e. The van der Waals surface area contributed by atoms with Gasteiger partial charge >= 0.3 is 0 Å². The molecule has 3 rings (SSSR count). The average Bonchev–Trinajstić information content (AvgIpc) is 2.92. The zero-order valence-electron chi connectivity index (χ0n) is 9.40. The molecule has 2 heterocycles. The lowest BCUT2D eigenvalue weighted by atomic mass is 10.4. The van der Waals surface area contributed by atoms with Crippen molar-refractivity contribution in [2.75, 3.05) is 0 Å². The number of nitrogens with one attached hydrogen (secondary N) is 1. The minimum Gasteiger partial charge on any atom is -0.308 e. The first-order chi connectivity index (χ1) is 8.31. The lowest BCUT2D eigenvalue weighted by molar-refractivity contribution is 0.633. The first kappa shape index (κ1) is 11.4. The minimum atomic E-state index is 0.742. The topological polar surface area (TPSA) is 29.9 Å². The third-order valence-corrected chi connectivity index (χ3v) is 4.75. The highest BCUT2D eigenvalue weighted by Crippen LogP contribution is 2.23. The van der Waals surface area contributed by atoms with Gasteiger partial charge in [-0.3, -0.25) is 4.68 Å². The summed E-state index contributed by atoms with van der Waals surface area (Å²) in [6, 6.07) is 4.92. The van der Waals surface area contributed by atoms with Crippen LogP contribution in [0.5, 0.6) is 0 Å². The average molecular weight is 312 g/mol. The predicted molar refractivity (Wildman–Crippen MR) is 73.2 cm³/mol. The van der Waals surface area contributed by atoms with Gasteiger partial charge in [-0.1, -0.05) is 0 Å². The van der Waals surface area contributed by atoms with Crippen molar-refractivity contribution < 1.29 is 0 Å². The van der Waals surface area contributed by atoms with E-state index in [2.05, 4.69) is 50.1 Å². The molecule has 2 aromatic rings.